The van der Waals surface area contributed by atoms with E-state index in [0.717, 1.165) is 71.4 Å². The molecule has 1 spiro atoms. The van der Waals surface area contributed by atoms with Crippen molar-refractivity contribution in [2.24, 2.45) is 10.4 Å². The van der Waals surface area contributed by atoms with Gasteiger partial charge in [-0.3, -0.25) is 4.99 Å². The third-order valence-corrected chi connectivity index (χ3v) is 7.06. The molecule has 2 atom stereocenters. The molecular formula is C24H39IN4O2. The summed E-state index contributed by atoms with van der Waals surface area (Å²) in [5.74, 6) is 1.06. The smallest absolute Gasteiger partial charge is 0.194 e. The Bertz CT molecular complexity index is 703. The fourth-order valence-corrected chi connectivity index (χ4v) is 5.13. The van der Waals surface area contributed by atoms with Crippen LogP contribution in [0, 0.1) is 5.41 Å². The molecule has 0 aliphatic carbocycles. The predicted octanol–water partition coefficient (Wildman–Crippen LogP) is 3.58. The van der Waals surface area contributed by atoms with Crippen molar-refractivity contribution < 1.29 is 9.47 Å². The molecule has 0 bridgehead atoms. The van der Waals surface area contributed by atoms with Crippen molar-refractivity contribution in [3.63, 3.8) is 0 Å². The molecule has 3 aliphatic rings. The highest BCUT2D eigenvalue weighted by atomic mass is 127. The Kier molecular flexibility index (Phi) is 9.01. The SMILES string of the molecule is CCNC(=NCC1(NC(C)c2ccccc2)CCOCC1)N1CCC2(CCOC2)C1.I. The summed E-state index contributed by atoms with van der Waals surface area (Å²) in [5, 5.41) is 7.48. The summed E-state index contributed by atoms with van der Waals surface area (Å²) in [7, 11) is 0. The largest absolute Gasteiger partial charge is 0.381 e. The van der Waals surface area contributed by atoms with Crippen LogP contribution in [0.2, 0.25) is 0 Å². The number of hydrogen-bond acceptors (Lipinski definition) is 4. The van der Waals surface area contributed by atoms with E-state index in [0.29, 0.717) is 5.41 Å². The third kappa shape index (κ3) is 6.12. The lowest BCUT2D eigenvalue weighted by Crippen LogP contribution is -2.53. The lowest BCUT2D eigenvalue weighted by molar-refractivity contribution is 0.0373. The van der Waals surface area contributed by atoms with E-state index in [2.05, 4.69) is 59.7 Å². The molecule has 0 radical (unpaired) electrons. The first-order chi connectivity index (χ1) is 14.6. The third-order valence-electron chi connectivity index (χ3n) is 7.06. The van der Waals surface area contributed by atoms with E-state index in [1.807, 2.05) is 0 Å². The second-order valence-electron chi connectivity index (χ2n) is 9.31. The molecule has 0 aromatic heterocycles. The van der Waals surface area contributed by atoms with Crippen LogP contribution in [-0.4, -0.2) is 69.0 Å². The molecule has 1 aromatic carbocycles. The number of aliphatic imine (C=N–C) groups is 1. The Labute approximate surface area is 204 Å². The van der Waals surface area contributed by atoms with Gasteiger partial charge < -0.3 is 25.0 Å². The molecule has 1 aromatic rings. The van der Waals surface area contributed by atoms with Crippen LogP contribution in [0.4, 0.5) is 0 Å². The molecular weight excluding hydrogens is 503 g/mol. The van der Waals surface area contributed by atoms with Crippen molar-refractivity contribution in [2.75, 3.05) is 52.6 Å². The zero-order valence-corrected chi connectivity index (χ0v) is 21.4. The van der Waals surface area contributed by atoms with Gasteiger partial charge in [0.1, 0.15) is 0 Å². The summed E-state index contributed by atoms with van der Waals surface area (Å²) >= 11 is 0. The molecule has 174 valence electrons. The van der Waals surface area contributed by atoms with Crippen LogP contribution >= 0.6 is 24.0 Å². The maximum absolute atomic E-state index is 5.72. The van der Waals surface area contributed by atoms with E-state index >= 15 is 0 Å². The molecule has 2 N–H and O–H groups in total. The van der Waals surface area contributed by atoms with E-state index < -0.39 is 0 Å². The summed E-state index contributed by atoms with van der Waals surface area (Å²) in [6.45, 7) is 11.6. The Morgan fingerprint density at radius 2 is 1.84 bits per heavy atom. The van der Waals surface area contributed by atoms with Gasteiger partial charge in [-0.05, 0) is 45.1 Å². The maximum Gasteiger partial charge on any atom is 0.194 e. The van der Waals surface area contributed by atoms with Gasteiger partial charge in [-0.2, -0.15) is 0 Å². The maximum atomic E-state index is 5.72. The van der Waals surface area contributed by atoms with Crippen LogP contribution in [-0.2, 0) is 9.47 Å². The topological polar surface area (TPSA) is 58.1 Å². The van der Waals surface area contributed by atoms with Gasteiger partial charge in [-0.15, -0.1) is 24.0 Å². The number of guanidine groups is 1. The Morgan fingerprint density at radius 1 is 1.10 bits per heavy atom. The van der Waals surface area contributed by atoms with Crippen LogP contribution in [0.15, 0.2) is 35.3 Å². The van der Waals surface area contributed by atoms with Crippen LogP contribution in [0.5, 0.6) is 0 Å². The normalized spacial score (nSPS) is 26.6. The predicted molar refractivity (Wildman–Crippen MR) is 136 cm³/mol. The highest BCUT2D eigenvalue weighted by Crippen LogP contribution is 2.38. The molecule has 4 rings (SSSR count). The highest BCUT2D eigenvalue weighted by molar-refractivity contribution is 14.0. The van der Waals surface area contributed by atoms with E-state index in [1.54, 1.807) is 0 Å². The molecule has 3 fully saturated rings. The number of benzene rings is 1. The van der Waals surface area contributed by atoms with Gasteiger partial charge in [0, 0.05) is 56.5 Å². The highest BCUT2D eigenvalue weighted by Gasteiger charge is 2.42. The molecule has 3 saturated heterocycles. The van der Waals surface area contributed by atoms with Gasteiger partial charge in [0.05, 0.1) is 13.2 Å². The molecule has 7 heteroatoms. The van der Waals surface area contributed by atoms with Crippen molar-refractivity contribution in [2.45, 2.75) is 51.1 Å². The van der Waals surface area contributed by atoms with E-state index in [9.17, 15) is 0 Å². The summed E-state index contributed by atoms with van der Waals surface area (Å²) in [6.07, 6.45) is 4.37. The first-order valence-electron chi connectivity index (χ1n) is 11.7. The molecule has 0 amide bonds. The van der Waals surface area contributed by atoms with Crippen molar-refractivity contribution in [1.82, 2.24) is 15.5 Å². The number of ether oxygens (including phenoxy) is 2. The van der Waals surface area contributed by atoms with Crippen LogP contribution < -0.4 is 10.6 Å². The zero-order chi connectivity index (χ0) is 20.9. The van der Waals surface area contributed by atoms with Gasteiger partial charge in [-0.25, -0.2) is 0 Å². The lowest BCUT2D eigenvalue weighted by Gasteiger charge is -2.40. The summed E-state index contributed by atoms with van der Waals surface area (Å²) in [5.41, 5.74) is 1.64. The number of rotatable bonds is 6. The second kappa shape index (κ2) is 11.3. The van der Waals surface area contributed by atoms with Crippen LogP contribution in [0.25, 0.3) is 0 Å². The zero-order valence-electron chi connectivity index (χ0n) is 19.1. The van der Waals surface area contributed by atoms with Crippen molar-refractivity contribution in [3.05, 3.63) is 35.9 Å². The van der Waals surface area contributed by atoms with E-state index in [4.69, 9.17) is 14.5 Å². The molecule has 2 unspecified atom stereocenters. The summed E-state index contributed by atoms with van der Waals surface area (Å²) < 4.78 is 11.4. The minimum absolute atomic E-state index is 0. The Balaban J connectivity index is 0.00000272. The van der Waals surface area contributed by atoms with Crippen molar-refractivity contribution in [3.8, 4) is 0 Å². The Morgan fingerprint density at radius 3 is 2.52 bits per heavy atom. The second-order valence-corrected chi connectivity index (χ2v) is 9.31. The average Bonchev–Trinajstić information content (AvgIpc) is 3.42. The van der Waals surface area contributed by atoms with Gasteiger partial charge in [-0.1, -0.05) is 30.3 Å². The monoisotopic (exact) mass is 542 g/mol. The number of halogens is 1. The van der Waals surface area contributed by atoms with Crippen molar-refractivity contribution >= 4 is 29.9 Å². The standard InChI is InChI=1S/C24H38N4O2.HI/c1-3-25-22(28-13-9-23(18-28)10-14-30-19-23)26-17-24(11-15-29-16-12-24)27-20(2)21-7-5-4-6-8-21;/h4-8,20,27H,3,9-19H2,1-2H3,(H,25,26);1H. The summed E-state index contributed by atoms with van der Waals surface area (Å²) in [6, 6.07) is 11.0. The number of nitrogens with one attached hydrogen (secondary N) is 2. The van der Waals surface area contributed by atoms with Crippen LogP contribution in [0.1, 0.15) is 51.1 Å². The number of likely N-dealkylation sites (tertiary alicyclic amines) is 1. The molecule has 6 nitrogen and oxygen atoms in total. The van der Waals surface area contributed by atoms with Crippen LogP contribution in [0.3, 0.4) is 0 Å². The fourth-order valence-electron chi connectivity index (χ4n) is 5.13. The first kappa shape index (κ1) is 24.7. The Hall–Kier alpha value is -0.900. The quantitative estimate of drug-likeness (QED) is 0.327. The summed E-state index contributed by atoms with van der Waals surface area (Å²) in [4.78, 5) is 7.62. The molecule has 31 heavy (non-hydrogen) atoms. The molecule has 3 heterocycles. The fraction of sp³-hybridized carbons (Fsp3) is 0.708. The van der Waals surface area contributed by atoms with Gasteiger partial charge in [0.2, 0.25) is 0 Å². The number of hydrogen-bond donors (Lipinski definition) is 2. The van der Waals surface area contributed by atoms with E-state index in [1.165, 1.54) is 18.4 Å². The average molecular weight is 543 g/mol. The van der Waals surface area contributed by atoms with Crippen molar-refractivity contribution in [1.29, 1.82) is 0 Å². The van der Waals surface area contributed by atoms with Gasteiger partial charge >= 0.3 is 0 Å². The molecule has 3 aliphatic heterocycles. The molecule has 0 saturated carbocycles. The lowest BCUT2D eigenvalue weighted by atomic mass is 9.87. The number of nitrogens with zero attached hydrogens (tertiary/aromatic N) is 2. The minimum atomic E-state index is -0.0257. The van der Waals surface area contributed by atoms with Gasteiger partial charge in [0.25, 0.3) is 0 Å². The minimum Gasteiger partial charge on any atom is -0.381 e. The first-order valence-corrected chi connectivity index (χ1v) is 11.7. The van der Waals surface area contributed by atoms with Gasteiger partial charge in [0.15, 0.2) is 5.96 Å². The van der Waals surface area contributed by atoms with E-state index in [-0.39, 0.29) is 35.6 Å².